The van der Waals surface area contributed by atoms with E-state index < -0.39 is 11.9 Å². The van der Waals surface area contributed by atoms with Crippen molar-refractivity contribution in [2.45, 2.75) is 33.2 Å². The number of carbonyl (C=O) groups is 2. The molecule has 3 N–H and O–H groups in total. The maximum Gasteiger partial charge on any atom is 0.253 e. The molecule has 0 saturated carbocycles. The van der Waals surface area contributed by atoms with E-state index in [0.29, 0.717) is 48.1 Å². The Morgan fingerprint density at radius 2 is 1.68 bits per heavy atom. The fourth-order valence-corrected chi connectivity index (χ4v) is 3.38. The van der Waals surface area contributed by atoms with Crippen LogP contribution in [0.25, 0.3) is 0 Å². The first-order valence-electron chi connectivity index (χ1n) is 12.2. The van der Waals surface area contributed by atoms with Crippen LogP contribution < -0.4 is 20.1 Å². The SMILES string of the molecule is C=C1Nc2ccc(cc2C=N)OC/C=C/COc2ccc(cc2)CC(C=O)NC(=O)/C1=C/C=C\C.CC. The molecule has 1 unspecified atom stereocenters. The van der Waals surface area contributed by atoms with Crippen LogP contribution in [0.15, 0.2) is 90.7 Å². The molecule has 4 aliphatic heterocycles. The minimum absolute atomic E-state index is 0.269. The molecule has 0 radical (unpaired) electrons. The van der Waals surface area contributed by atoms with Gasteiger partial charge in [0, 0.05) is 23.2 Å². The highest BCUT2D eigenvalue weighted by Crippen LogP contribution is 2.24. The second kappa shape index (κ2) is 15.6. The number of nitrogens with one attached hydrogen (secondary N) is 3. The molecule has 0 spiro atoms. The predicted octanol–water partition coefficient (Wildman–Crippen LogP) is 5.39. The third-order valence-electron chi connectivity index (χ3n) is 5.21. The van der Waals surface area contributed by atoms with Crippen molar-refractivity contribution in [2.24, 2.45) is 0 Å². The lowest BCUT2D eigenvalue weighted by atomic mass is 10.1. The molecule has 37 heavy (non-hydrogen) atoms. The van der Waals surface area contributed by atoms with Crippen molar-refractivity contribution in [1.29, 1.82) is 5.41 Å². The van der Waals surface area contributed by atoms with Crippen molar-refractivity contribution in [2.75, 3.05) is 18.5 Å². The van der Waals surface area contributed by atoms with Crippen molar-refractivity contribution < 1.29 is 19.1 Å². The van der Waals surface area contributed by atoms with Gasteiger partial charge in [0.2, 0.25) is 0 Å². The molecule has 0 aromatic heterocycles. The van der Waals surface area contributed by atoms with Gasteiger partial charge in [-0.1, -0.05) is 44.7 Å². The first-order chi connectivity index (χ1) is 18.0. The lowest BCUT2D eigenvalue weighted by molar-refractivity contribution is -0.120. The normalized spacial score (nSPS) is 18.4. The average Bonchev–Trinajstić information content (AvgIpc) is 2.92. The quantitative estimate of drug-likeness (QED) is 0.227. The Bertz CT molecular complexity index is 1160. The summed E-state index contributed by atoms with van der Waals surface area (Å²) in [6.45, 7) is 10.6. The molecule has 7 heteroatoms. The van der Waals surface area contributed by atoms with Gasteiger partial charge in [-0.25, -0.2) is 0 Å². The van der Waals surface area contributed by atoms with Crippen LogP contribution in [-0.4, -0.2) is 37.7 Å². The van der Waals surface area contributed by atoms with Crippen molar-refractivity contribution in [3.05, 3.63) is 102 Å². The second-order valence-electron chi connectivity index (χ2n) is 7.76. The third kappa shape index (κ3) is 8.96. The monoisotopic (exact) mass is 501 g/mol. The lowest BCUT2D eigenvalue weighted by Gasteiger charge is -2.18. The molecule has 7 nitrogen and oxygen atoms in total. The smallest absolute Gasteiger partial charge is 0.253 e. The van der Waals surface area contributed by atoms with Crippen LogP contribution in [-0.2, 0) is 16.0 Å². The van der Waals surface area contributed by atoms with Crippen LogP contribution in [0, 0.1) is 5.41 Å². The van der Waals surface area contributed by atoms with Crippen LogP contribution in [0.2, 0.25) is 0 Å². The fraction of sp³-hybridized carbons (Fsp3) is 0.233. The van der Waals surface area contributed by atoms with Gasteiger partial charge in [-0.2, -0.15) is 0 Å². The zero-order valence-electron chi connectivity index (χ0n) is 21.6. The van der Waals surface area contributed by atoms with Gasteiger partial charge in [0.1, 0.15) is 31.0 Å². The van der Waals surface area contributed by atoms with Crippen molar-refractivity contribution in [3.63, 3.8) is 0 Å². The van der Waals surface area contributed by atoms with Crippen LogP contribution in [0.1, 0.15) is 31.9 Å². The number of hydrogen-bond donors (Lipinski definition) is 3. The average molecular weight is 502 g/mol. The molecule has 1 atom stereocenters. The number of ether oxygens (including phenoxy) is 2. The highest BCUT2D eigenvalue weighted by molar-refractivity contribution is 6.00. The number of hydrogen-bond acceptors (Lipinski definition) is 6. The molecule has 2 aromatic rings. The number of allylic oxidation sites excluding steroid dienone is 3. The predicted molar refractivity (Wildman–Crippen MR) is 150 cm³/mol. The highest BCUT2D eigenvalue weighted by atomic mass is 16.5. The topological polar surface area (TPSA) is 101 Å². The maximum atomic E-state index is 13.1. The summed E-state index contributed by atoms with van der Waals surface area (Å²) in [5.41, 5.74) is 2.65. The number of carbonyl (C=O) groups excluding carboxylic acids is 2. The molecule has 4 heterocycles. The number of rotatable bonds is 3. The number of benzene rings is 2. The molecule has 4 bridgehead atoms. The number of anilines is 1. The summed E-state index contributed by atoms with van der Waals surface area (Å²) in [5, 5.41) is 13.7. The highest BCUT2D eigenvalue weighted by Gasteiger charge is 2.18. The zero-order valence-corrected chi connectivity index (χ0v) is 21.6. The van der Waals surface area contributed by atoms with Gasteiger partial charge < -0.3 is 30.3 Å². The summed E-state index contributed by atoms with van der Waals surface area (Å²) in [6, 6.07) is 11.9. The Hall–Kier alpha value is -4.39. The van der Waals surface area contributed by atoms with Crippen molar-refractivity contribution in [3.8, 4) is 11.5 Å². The summed E-state index contributed by atoms with van der Waals surface area (Å²) >= 11 is 0. The molecule has 0 aliphatic carbocycles. The fourth-order valence-electron chi connectivity index (χ4n) is 3.38. The summed E-state index contributed by atoms with van der Waals surface area (Å²) in [7, 11) is 0. The standard InChI is InChI=1S/C28H29N3O4.C2H6/c1-3-4-7-26-20(2)30-27-13-12-25(17-22(27)18-29)35-15-6-5-14-34-24-10-8-21(9-11-24)16-23(19-32)31-28(26)33;1-2/h3-13,17-19,23,29-30H,2,14-16H2,1H3,(H,31,33);1-2H3/b4-3-,6-5+,26-7+,29-18?;. The van der Waals surface area contributed by atoms with Gasteiger partial charge >= 0.3 is 0 Å². The lowest BCUT2D eigenvalue weighted by Crippen LogP contribution is -2.39. The molecule has 194 valence electrons. The Kier molecular flexibility index (Phi) is 12.1. The van der Waals surface area contributed by atoms with E-state index in [4.69, 9.17) is 14.9 Å². The summed E-state index contributed by atoms with van der Waals surface area (Å²) < 4.78 is 11.5. The minimum atomic E-state index is -0.721. The zero-order chi connectivity index (χ0) is 27.0. The van der Waals surface area contributed by atoms with Crippen LogP contribution >= 0.6 is 0 Å². The van der Waals surface area contributed by atoms with Gasteiger partial charge in [-0.15, -0.1) is 0 Å². The Morgan fingerprint density at radius 3 is 2.30 bits per heavy atom. The van der Waals surface area contributed by atoms with Gasteiger partial charge in [0.15, 0.2) is 0 Å². The van der Waals surface area contributed by atoms with Crippen LogP contribution in [0.5, 0.6) is 11.5 Å². The second-order valence-corrected chi connectivity index (χ2v) is 7.76. The Morgan fingerprint density at radius 1 is 1.03 bits per heavy atom. The van der Waals surface area contributed by atoms with E-state index in [9.17, 15) is 9.59 Å². The number of aldehydes is 1. The summed E-state index contributed by atoms with van der Waals surface area (Å²) in [4.78, 5) is 24.9. The first kappa shape index (κ1) is 28.8. The third-order valence-corrected chi connectivity index (χ3v) is 5.21. The summed E-state index contributed by atoms with van der Waals surface area (Å²) in [5.74, 6) is 0.857. The van der Waals surface area contributed by atoms with Crippen molar-refractivity contribution in [1.82, 2.24) is 5.32 Å². The van der Waals surface area contributed by atoms with Gasteiger partial charge in [0.25, 0.3) is 5.91 Å². The molecule has 1 amide bonds. The Labute approximate surface area is 219 Å². The largest absolute Gasteiger partial charge is 0.490 e. The Balaban J connectivity index is 0.00000235. The van der Waals surface area contributed by atoms with E-state index in [0.717, 1.165) is 11.8 Å². The van der Waals surface area contributed by atoms with Crippen LogP contribution in [0.3, 0.4) is 0 Å². The molecule has 4 aliphatic rings. The molecular weight excluding hydrogens is 466 g/mol. The van der Waals surface area contributed by atoms with E-state index in [1.165, 1.54) is 6.21 Å². The molecule has 2 aromatic carbocycles. The van der Waals surface area contributed by atoms with E-state index in [2.05, 4.69) is 17.2 Å². The molecule has 0 saturated heterocycles. The van der Waals surface area contributed by atoms with E-state index >= 15 is 0 Å². The van der Waals surface area contributed by atoms with Crippen molar-refractivity contribution >= 4 is 24.1 Å². The molecular formula is C30H35N3O4. The minimum Gasteiger partial charge on any atom is -0.490 e. The van der Waals surface area contributed by atoms with E-state index in [1.54, 1.807) is 36.4 Å². The molecule has 6 rings (SSSR count). The molecule has 0 fully saturated rings. The maximum absolute atomic E-state index is 13.1. The summed E-state index contributed by atoms with van der Waals surface area (Å²) in [6.07, 6.45) is 11.1. The first-order valence-corrected chi connectivity index (χ1v) is 12.2. The van der Waals surface area contributed by atoms with Gasteiger partial charge in [-0.3, -0.25) is 4.79 Å². The van der Waals surface area contributed by atoms with E-state index in [1.807, 2.05) is 57.2 Å². The van der Waals surface area contributed by atoms with Gasteiger partial charge in [0.05, 0.1) is 11.6 Å². The van der Waals surface area contributed by atoms with Gasteiger partial charge in [-0.05, 0) is 67.5 Å². The van der Waals surface area contributed by atoms with Crippen LogP contribution in [0.4, 0.5) is 5.69 Å². The van der Waals surface area contributed by atoms with E-state index in [-0.39, 0.29) is 5.57 Å². The number of amides is 1.